The van der Waals surface area contributed by atoms with Crippen molar-refractivity contribution in [3.05, 3.63) is 0 Å². The Bertz CT molecular complexity index is 329. The number of amides is 2. The number of methoxy groups -OCH3 is 1. The van der Waals surface area contributed by atoms with Crippen LogP contribution in [0.5, 0.6) is 0 Å². The largest absolute Gasteiger partial charge is 0.480 e. The third-order valence-electron chi connectivity index (χ3n) is 3.17. The molecule has 0 aromatic carbocycles. The Balaban J connectivity index is 4.20. The van der Waals surface area contributed by atoms with Crippen LogP contribution in [0.2, 0.25) is 0 Å². The van der Waals surface area contributed by atoms with E-state index in [0.29, 0.717) is 12.5 Å². The summed E-state index contributed by atoms with van der Waals surface area (Å²) in [6, 6.07) is -1.63. The standard InChI is InChI=1S/C13H24N2O5/c1-4-9(5-2)8-14-13(19)15-10(12(17)18)6-7-11(16)20-3/h9-10H,4-8H2,1-3H3,(H,17,18)(H2,14,15,19)/t10-/m0/s1. The third kappa shape index (κ3) is 7.60. The van der Waals surface area contributed by atoms with Crippen molar-refractivity contribution in [2.75, 3.05) is 13.7 Å². The summed E-state index contributed by atoms with van der Waals surface area (Å²) in [6.45, 7) is 4.57. The molecule has 0 aliphatic heterocycles. The Morgan fingerprint density at radius 3 is 2.25 bits per heavy atom. The molecule has 0 saturated heterocycles. The minimum Gasteiger partial charge on any atom is -0.480 e. The number of urea groups is 1. The van der Waals surface area contributed by atoms with E-state index in [2.05, 4.69) is 15.4 Å². The van der Waals surface area contributed by atoms with Gasteiger partial charge in [0.05, 0.1) is 7.11 Å². The van der Waals surface area contributed by atoms with Crippen molar-refractivity contribution < 1.29 is 24.2 Å². The van der Waals surface area contributed by atoms with Crippen LogP contribution in [0.3, 0.4) is 0 Å². The molecule has 0 heterocycles. The highest BCUT2D eigenvalue weighted by atomic mass is 16.5. The maximum Gasteiger partial charge on any atom is 0.326 e. The van der Waals surface area contributed by atoms with E-state index in [9.17, 15) is 14.4 Å². The van der Waals surface area contributed by atoms with Crippen molar-refractivity contribution in [3.63, 3.8) is 0 Å². The summed E-state index contributed by atoms with van der Waals surface area (Å²) < 4.78 is 4.43. The van der Waals surface area contributed by atoms with Crippen LogP contribution in [0.1, 0.15) is 39.5 Å². The second kappa shape index (κ2) is 10.1. The van der Waals surface area contributed by atoms with Crippen LogP contribution in [0.25, 0.3) is 0 Å². The fourth-order valence-corrected chi connectivity index (χ4v) is 1.65. The summed E-state index contributed by atoms with van der Waals surface area (Å²) in [6.07, 6.45) is 1.84. The number of carboxylic acids is 1. The van der Waals surface area contributed by atoms with Crippen molar-refractivity contribution in [2.45, 2.75) is 45.6 Å². The summed E-state index contributed by atoms with van der Waals surface area (Å²) in [5, 5.41) is 14.0. The van der Waals surface area contributed by atoms with E-state index < -0.39 is 24.0 Å². The average Bonchev–Trinajstić information content (AvgIpc) is 2.43. The highest BCUT2D eigenvalue weighted by Crippen LogP contribution is 2.05. The molecule has 0 rings (SSSR count). The number of rotatable bonds is 9. The Labute approximate surface area is 119 Å². The lowest BCUT2D eigenvalue weighted by molar-refractivity contribution is -0.142. The molecule has 1 atom stereocenters. The lowest BCUT2D eigenvalue weighted by Crippen LogP contribution is -2.47. The number of carbonyl (C=O) groups is 3. The van der Waals surface area contributed by atoms with Crippen LogP contribution in [-0.4, -0.2) is 42.8 Å². The molecule has 0 aromatic heterocycles. The summed E-state index contributed by atoms with van der Waals surface area (Å²) in [7, 11) is 1.23. The molecule has 0 unspecified atom stereocenters. The van der Waals surface area contributed by atoms with Gasteiger partial charge in [-0.1, -0.05) is 26.7 Å². The van der Waals surface area contributed by atoms with Crippen LogP contribution in [-0.2, 0) is 14.3 Å². The van der Waals surface area contributed by atoms with Gasteiger partial charge in [-0.2, -0.15) is 0 Å². The lowest BCUT2D eigenvalue weighted by Gasteiger charge is -2.17. The summed E-state index contributed by atoms with van der Waals surface area (Å²) in [4.78, 5) is 33.6. The molecule has 0 radical (unpaired) electrons. The first-order chi connectivity index (χ1) is 9.44. The van der Waals surface area contributed by atoms with Gasteiger partial charge in [0, 0.05) is 13.0 Å². The Morgan fingerprint density at radius 2 is 1.80 bits per heavy atom. The number of ether oxygens (including phenoxy) is 1. The first-order valence-corrected chi connectivity index (χ1v) is 6.78. The van der Waals surface area contributed by atoms with E-state index in [0.717, 1.165) is 12.8 Å². The first kappa shape index (κ1) is 18.2. The highest BCUT2D eigenvalue weighted by Gasteiger charge is 2.21. The SMILES string of the molecule is CCC(CC)CNC(=O)N[C@@H](CCC(=O)OC)C(=O)O. The van der Waals surface area contributed by atoms with Crippen LogP contribution < -0.4 is 10.6 Å². The quantitative estimate of drug-likeness (QED) is 0.552. The van der Waals surface area contributed by atoms with Gasteiger partial charge in [0.15, 0.2) is 0 Å². The second-order valence-corrected chi connectivity index (χ2v) is 4.54. The molecule has 0 spiro atoms. The Hall–Kier alpha value is -1.79. The van der Waals surface area contributed by atoms with Gasteiger partial charge in [-0.15, -0.1) is 0 Å². The van der Waals surface area contributed by atoms with Gasteiger partial charge in [0.2, 0.25) is 0 Å². The van der Waals surface area contributed by atoms with E-state index in [4.69, 9.17) is 5.11 Å². The number of carboxylic acid groups (broad SMARTS) is 1. The van der Waals surface area contributed by atoms with Gasteiger partial charge in [-0.05, 0) is 12.3 Å². The fourth-order valence-electron chi connectivity index (χ4n) is 1.65. The van der Waals surface area contributed by atoms with Crippen molar-refractivity contribution >= 4 is 18.0 Å². The van der Waals surface area contributed by atoms with E-state index in [1.54, 1.807) is 0 Å². The van der Waals surface area contributed by atoms with Crippen molar-refractivity contribution in [3.8, 4) is 0 Å². The molecule has 20 heavy (non-hydrogen) atoms. The van der Waals surface area contributed by atoms with Gasteiger partial charge in [-0.25, -0.2) is 9.59 Å². The van der Waals surface area contributed by atoms with Crippen molar-refractivity contribution in [2.24, 2.45) is 5.92 Å². The number of hydrogen-bond donors (Lipinski definition) is 3. The van der Waals surface area contributed by atoms with Gasteiger partial charge in [0.25, 0.3) is 0 Å². The van der Waals surface area contributed by atoms with Gasteiger partial charge < -0.3 is 20.5 Å². The van der Waals surface area contributed by atoms with Crippen LogP contribution >= 0.6 is 0 Å². The molecule has 7 nitrogen and oxygen atoms in total. The summed E-state index contributed by atoms with van der Waals surface area (Å²) in [5.41, 5.74) is 0. The number of aliphatic carboxylic acids is 1. The molecular formula is C13H24N2O5. The number of carbonyl (C=O) groups excluding carboxylic acids is 2. The second-order valence-electron chi connectivity index (χ2n) is 4.54. The molecule has 7 heteroatoms. The predicted molar refractivity (Wildman–Crippen MR) is 73.3 cm³/mol. The maximum atomic E-state index is 11.6. The van der Waals surface area contributed by atoms with E-state index in [1.165, 1.54) is 7.11 Å². The number of hydrogen-bond acceptors (Lipinski definition) is 4. The van der Waals surface area contributed by atoms with Crippen LogP contribution in [0, 0.1) is 5.92 Å². The zero-order valence-corrected chi connectivity index (χ0v) is 12.3. The minimum atomic E-state index is -1.17. The molecule has 0 bridgehead atoms. The summed E-state index contributed by atoms with van der Waals surface area (Å²) >= 11 is 0. The average molecular weight is 288 g/mol. The molecule has 2 amide bonds. The molecule has 0 aliphatic carbocycles. The zero-order valence-electron chi connectivity index (χ0n) is 12.3. The Morgan fingerprint density at radius 1 is 1.20 bits per heavy atom. The van der Waals surface area contributed by atoms with Crippen LogP contribution in [0.4, 0.5) is 4.79 Å². The maximum absolute atomic E-state index is 11.6. The molecule has 0 saturated carbocycles. The van der Waals surface area contributed by atoms with Crippen molar-refractivity contribution in [1.29, 1.82) is 0 Å². The smallest absolute Gasteiger partial charge is 0.326 e. The Kier molecular flexibility index (Phi) is 9.15. The molecule has 0 aromatic rings. The van der Waals surface area contributed by atoms with E-state index >= 15 is 0 Å². The summed E-state index contributed by atoms with van der Waals surface area (Å²) in [5.74, 6) is -1.30. The minimum absolute atomic E-state index is 0.000408. The third-order valence-corrected chi connectivity index (χ3v) is 3.17. The highest BCUT2D eigenvalue weighted by molar-refractivity contribution is 5.83. The van der Waals surface area contributed by atoms with E-state index in [1.807, 2.05) is 13.8 Å². The number of nitrogens with one attached hydrogen (secondary N) is 2. The lowest BCUT2D eigenvalue weighted by atomic mass is 10.0. The van der Waals surface area contributed by atoms with Gasteiger partial charge >= 0.3 is 18.0 Å². The number of esters is 1. The topological polar surface area (TPSA) is 105 Å². The molecule has 3 N–H and O–H groups in total. The molecule has 0 fully saturated rings. The zero-order chi connectivity index (χ0) is 15.5. The van der Waals surface area contributed by atoms with Gasteiger partial charge in [0.1, 0.15) is 6.04 Å². The van der Waals surface area contributed by atoms with Gasteiger partial charge in [-0.3, -0.25) is 4.79 Å². The monoisotopic (exact) mass is 288 g/mol. The molecular weight excluding hydrogens is 264 g/mol. The van der Waals surface area contributed by atoms with Crippen molar-refractivity contribution in [1.82, 2.24) is 10.6 Å². The van der Waals surface area contributed by atoms with Crippen LogP contribution in [0.15, 0.2) is 0 Å². The molecule has 116 valence electrons. The van der Waals surface area contributed by atoms with E-state index in [-0.39, 0.29) is 12.8 Å². The first-order valence-electron chi connectivity index (χ1n) is 6.78. The normalized spacial score (nSPS) is 11.8. The predicted octanol–water partition coefficient (Wildman–Crippen LogP) is 1.13. The molecule has 0 aliphatic rings. The fraction of sp³-hybridized carbons (Fsp3) is 0.769.